The summed E-state index contributed by atoms with van der Waals surface area (Å²) in [5.41, 5.74) is 10.8. The van der Waals surface area contributed by atoms with Crippen LogP contribution in [0.3, 0.4) is 0 Å². The molecule has 0 bridgehead atoms. The van der Waals surface area contributed by atoms with Gasteiger partial charge >= 0.3 is 6.09 Å². The Balaban J connectivity index is 2.05. The Morgan fingerprint density at radius 3 is 2.48 bits per heavy atom. The van der Waals surface area contributed by atoms with Crippen LogP contribution >= 0.6 is 0 Å². The van der Waals surface area contributed by atoms with Crippen molar-refractivity contribution in [2.24, 2.45) is 11.1 Å². The lowest BCUT2D eigenvalue weighted by atomic mass is 9.87. The average molecular weight is 367 g/mol. The van der Waals surface area contributed by atoms with Gasteiger partial charge in [0.15, 0.2) is 0 Å². The Labute approximate surface area is 161 Å². The van der Waals surface area contributed by atoms with E-state index in [4.69, 9.17) is 15.2 Å². The van der Waals surface area contributed by atoms with E-state index in [0.29, 0.717) is 6.61 Å². The molecule has 0 unspecified atom stereocenters. The van der Waals surface area contributed by atoms with Gasteiger partial charge in [0.05, 0.1) is 6.61 Å². The zero-order chi connectivity index (χ0) is 19.6. The monoisotopic (exact) mass is 367 g/mol. The number of fused-ring (bicyclic) bond motifs is 1. The fourth-order valence-corrected chi connectivity index (χ4v) is 4.02. The zero-order valence-corrected chi connectivity index (χ0v) is 16.7. The van der Waals surface area contributed by atoms with Crippen LogP contribution in [-0.2, 0) is 17.6 Å². The van der Waals surface area contributed by atoms with Crippen molar-refractivity contribution in [1.29, 1.82) is 0 Å². The molecule has 0 radical (unpaired) electrons. The van der Waals surface area contributed by atoms with Gasteiger partial charge in [-0.3, -0.25) is 0 Å². The minimum atomic E-state index is -0.741. The van der Waals surface area contributed by atoms with Gasteiger partial charge in [-0.25, -0.2) is 4.79 Å². The Kier molecular flexibility index (Phi) is 5.45. The van der Waals surface area contributed by atoms with E-state index < -0.39 is 6.09 Å². The second-order valence-corrected chi connectivity index (χ2v) is 7.91. The Morgan fingerprint density at radius 1 is 1.19 bits per heavy atom. The maximum Gasteiger partial charge on any atom is 0.405 e. The molecular weight excluding hydrogens is 338 g/mol. The first-order valence-corrected chi connectivity index (χ1v) is 9.70. The molecule has 1 aliphatic carbocycles. The first kappa shape index (κ1) is 19.3. The lowest BCUT2D eigenvalue weighted by Gasteiger charge is -2.26. The largest absolute Gasteiger partial charge is 0.493 e. The number of carbonyl (C=O) groups excluding carboxylic acids is 1. The highest BCUT2D eigenvalue weighted by Gasteiger charge is 2.42. The number of carbonyl (C=O) groups is 1. The fraction of sp³-hybridized carbons (Fsp3) is 0.435. The number of benzene rings is 2. The van der Waals surface area contributed by atoms with Gasteiger partial charge in [0.2, 0.25) is 0 Å². The van der Waals surface area contributed by atoms with Crippen LogP contribution < -0.4 is 10.5 Å². The highest BCUT2D eigenvalue weighted by atomic mass is 16.6. The summed E-state index contributed by atoms with van der Waals surface area (Å²) in [6.45, 7) is 8.93. The van der Waals surface area contributed by atoms with Gasteiger partial charge in [-0.05, 0) is 54.2 Å². The smallest absolute Gasteiger partial charge is 0.405 e. The summed E-state index contributed by atoms with van der Waals surface area (Å²) in [7, 11) is 0. The number of hydrogen-bond donors (Lipinski definition) is 1. The topological polar surface area (TPSA) is 61.6 Å². The predicted molar refractivity (Wildman–Crippen MR) is 108 cm³/mol. The van der Waals surface area contributed by atoms with Crippen molar-refractivity contribution < 1.29 is 14.3 Å². The molecule has 0 heterocycles. The van der Waals surface area contributed by atoms with Crippen molar-refractivity contribution in [2.75, 3.05) is 6.61 Å². The number of rotatable bonds is 6. The Bertz CT molecular complexity index is 824. The van der Waals surface area contributed by atoms with Crippen molar-refractivity contribution in [3.8, 4) is 16.9 Å². The number of primary amides is 1. The molecule has 0 spiro atoms. The summed E-state index contributed by atoms with van der Waals surface area (Å²) in [5.74, 6) is 0.815. The van der Waals surface area contributed by atoms with Crippen LogP contribution in [0.15, 0.2) is 36.4 Å². The van der Waals surface area contributed by atoms with Crippen LogP contribution in [0.1, 0.15) is 56.9 Å². The minimum Gasteiger partial charge on any atom is -0.493 e. The molecule has 4 heteroatoms. The van der Waals surface area contributed by atoms with Gasteiger partial charge in [-0.1, -0.05) is 51.5 Å². The van der Waals surface area contributed by atoms with Gasteiger partial charge in [0.25, 0.3) is 0 Å². The molecule has 1 aliphatic rings. The third kappa shape index (κ3) is 3.95. The molecule has 0 fully saturated rings. The van der Waals surface area contributed by atoms with Crippen LogP contribution in [0.5, 0.6) is 5.75 Å². The van der Waals surface area contributed by atoms with E-state index in [1.54, 1.807) is 0 Å². The lowest BCUT2D eigenvalue weighted by Crippen LogP contribution is -2.25. The third-order valence-corrected chi connectivity index (χ3v) is 5.22. The van der Waals surface area contributed by atoms with E-state index in [2.05, 4.69) is 51.1 Å². The quantitative estimate of drug-likeness (QED) is 0.741. The third-order valence-electron chi connectivity index (χ3n) is 5.22. The molecule has 1 amide bonds. The number of amides is 1. The van der Waals surface area contributed by atoms with E-state index in [0.717, 1.165) is 41.7 Å². The van der Waals surface area contributed by atoms with E-state index in [1.807, 2.05) is 13.0 Å². The van der Waals surface area contributed by atoms with Crippen LogP contribution in [0, 0.1) is 5.41 Å². The van der Waals surface area contributed by atoms with E-state index in [1.165, 1.54) is 11.1 Å². The van der Waals surface area contributed by atoms with Gasteiger partial charge in [0.1, 0.15) is 11.9 Å². The molecule has 2 N–H and O–H groups in total. The van der Waals surface area contributed by atoms with Crippen LogP contribution in [0.25, 0.3) is 11.1 Å². The molecular formula is C23H29NO3. The first-order valence-electron chi connectivity index (χ1n) is 9.70. The summed E-state index contributed by atoms with van der Waals surface area (Å²) in [6.07, 6.45) is 1.95. The van der Waals surface area contributed by atoms with Crippen LogP contribution in [0.2, 0.25) is 0 Å². The molecule has 144 valence electrons. The molecule has 2 aromatic carbocycles. The van der Waals surface area contributed by atoms with Crippen molar-refractivity contribution in [3.63, 3.8) is 0 Å². The second kappa shape index (κ2) is 7.63. The van der Waals surface area contributed by atoms with Crippen molar-refractivity contribution >= 4 is 6.09 Å². The molecule has 27 heavy (non-hydrogen) atoms. The van der Waals surface area contributed by atoms with Crippen LogP contribution in [-0.4, -0.2) is 12.7 Å². The number of ether oxygens (including phenoxy) is 2. The van der Waals surface area contributed by atoms with E-state index >= 15 is 0 Å². The summed E-state index contributed by atoms with van der Waals surface area (Å²) >= 11 is 0. The van der Waals surface area contributed by atoms with E-state index in [-0.39, 0.29) is 11.5 Å². The van der Waals surface area contributed by atoms with Gasteiger partial charge < -0.3 is 15.2 Å². The molecule has 1 atom stereocenters. The number of hydrogen-bond acceptors (Lipinski definition) is 3. The molecule has 3 rings (SSSR count). The van der Waals surface area contributed by atoms with Crippen molar-refractivity contribution in [1.82, 2.24) is 0 Å². The standard InChI is InChI=1S/C23H29NO3/c1-5-7-15-8-10-16(11-9-15)18-12-17-14-23(3,4)21(27-22(24)25)19(17)13-20(18)26-6-2/h8-13,21H,5-7,14H2,1-4H3,(H2,24,25)/t21-/m0/s1. The highest BCUT2D eigenvalue weighted by molar-refractivity contribution is 5.73. The average Bonchev–Trinajstić information content (AvgIpc) is 2.85. The van der Waals surface area contributed by atoms with Gasteiger partial charge in [0, 0.05) is 11.0 Å². The van der Waals surface area contributed by atoms with Gasteiger partial charge in [-0.2, -0.15) is 0 Å². The summed E-state index contributed by atoms with van der Waals surface area (Å²) < 4.78 is 11.4. The summed E-state index contributed by atoms with van der Waals surface area (Å²) in [5, 5.41) is 0. The Morgan fingerprint density at radius 2 is 1.89 bits per heavy atom. The second-order valence-electron chi connectivity index (χ2n) is 7.91. The molecule has 0 saturated heterocycles. The Hall–Kier alpha value is -2.49. The first-order chi connectivity index (χ1) is 12.9. The minimum absolute atomic E-state index is 0.204. The number of nitrogens with two attached hydrogens (primary N) is 1. The van der Waals surface area contributed by atoms with Crippen molar-refractivity contribution in [3.05, 3.63) is 53.1 Å². The predicted octanol–water partition coefficient (Wildman–Crippen LogP) is 5.42. The SMILES string of the molecule is CCCc1ccc(-c2cc3c(cc2OCC)[C@H](OC(N)=O)C(C)(C)C3)cc1. The van der Waals surface area contributed by atoms with Crippen molar-refractivity contribution in [2.45, 2.75) is 53.1 Å². The number of aryl methyl sites for hydroxylation is 1. The van der Waals surface area contributed by atoms with Gasteiger partial charge in [-0.15, -0.1) is 0 Å². The molecule has 0 aliphatic heterocycles. The molecule has 4 nitrogen and oxygen atoms in total. The molecule has 0 saturated carbocycles. The molecule has 2 aromatic rings. The summed E-state index contributed by atoms with van der Waals surface area (Å²) in [4.78, 5) is 11.4. The highest BCUT2D eigenvalue weighted by Crippen LogP contribution is 2.50. The fourth-order valence-electron chi connectivity index (χ4n) is 4.02. The summed E-state index contributed by atoms with van der Waals surface area (Å²) in [6, 6.07) is 12.9. The van der Waals surface area contributed by atoms with Crippen LogP contribution in [0.4, 0.5) is 4.79 Å². The molecule has 0 aromatic heterocycles. The van der Waals surface area contributed by atoms with E-state index in [9.17, 15) is 4.79 Å². The maximum atomic E-state index is 11.4. The lowest BCUT2D eigenvalue weighted by molar-refractivity contribution is 0.0391. The maximum absolute atomic E-state index is 11.4. The zero-order valence-electron chi connectivity index (χ0n) is 16.7. The normalized spacial score (nSPS) is 17.4.